The minimum atomic E-state index is -0.451. The third-order valence-electron chi connectivity index (χ3n) is 14.0. The van der Waals surface area contributed by atoms with Gasteiger partial charge in [-0.15, -0.1) is 0 Å². The molecule has 2 aliphatic rings. The second kappa shape index (κ2) is 19.5. The molecule has 5 heterocycles. The van der Waals surface area contributed by atoms with E-state index in [0.29, 0.717) is 34.5 Å². The number of aromatic amines is 2. The molecule has 0 saturated heterocycles. The van der Waals surface area contributed by atoms with Crippen molar-refractivity contribution in [2.45, 2.75) is 92.1 Å². The van der Waals surface area contributed by atoms with Crippen molar-refractivity contribution < 1.29 is 23.8 Å². The van der Waals surface area contributed by atoms with Gasteiger partial charge in [0.1, 0.15) is 17.1 Å². The maximum Gasteiger partial charge on any atom is 0.340 e. The van der Waals surface area contributed by atoms with Gasteiger partial charge in [0.05, 0.1) is 50.4 Å². The SMILES string of the molecule is CCc1c(C)c2cc3[nH]c(cc4nc(c(C)c5nc(cc1[nH]2)C(C)=C5C(=O)OC)[C@@H](CCC(=O)OC)[C@@H]4C)c(C)c3C(C)OCCC[N+](c1ccccc1)(c1ccccc1)c1ccccc1. The number of rotatable bonds is 14. The first-order valence-electron chi connectivity index (χ1n) is 23.2. The number of ether oxygens (including phenoxy) is 3. The summed E-state index contributed by atoms with van der Waals surface area (Å²) in [5.74, 6) is -0.909. The molecule has 3 atom stereocenters. The number of methoxy groups -OCH3 is 2. The molecule has 0 spiro atoms. The number of hydrogen-bond donors (Lipinski definition) is 2. The van der Waals surface area contributed by atoms with Crippen LogP contribution in [0.3, 0.4) is 0 Å². The molecule has 0 saturated carbocycles. The molecule has 2 aliphatic heterocycles. The zero-order valence-corrected chi connectivity index (χ0v) is 39.7. The predicted octanol–water partition coefficient (Wildman–Crippen LogP) is 12.9. The summed E-state index contributed by atoms with van der Waals surface area (Å²) in [6.07, 6.45) is 2.09. The quantitative estimate of drug-likeness (QED) is 0.0635. The van der Waals surface area contributed by atoms with E-state index in [0.717, 1.165) is 80.7 Å². The smallest absolute Gasteiger partial charge is 0.340 e. The number of nitrogens with one attached hydrogen (secondary N) is 2. The summed E-state index contributed by atoms with van der Waals surface area (Å²) >= 11 is 0. The summed E-state index contributed by atoms with van der Waals surface area (Å²) in [5, 5.41) is 0. The number of quaternary nitrogens is 1. The minimum Gasteiger partial charge on any atom is -0.469 e. The molecule has 3 aromatic heterocycles. The fraction of sp³-hybridized carbons (Fsp3) is 0.321. The lowest BCUT2D eigenvalue weighted by atomic mass is 9.85. The molecule has 1 unspecified atom stereocenters. The van der Waals surface area contributed by atoms with E-state index < -0.39 is 5.97 Å². The average Bonchev–Trinajstić information content (AvgIpc) is 4.04. The largest absolute Gasteiger partial charge is 0.469 e. The zero-order chi connectivity index (χ0) is 46.7. The Morgan fingerprint density at radius 1 is 0.727 bits per heavy atom. The molecule has 2 N–H and O–H groups in total. The Balaban J connectivity index is 1.26. The van der Waals surface area contributed by atoms with Crippen molar-refractivity contribution in [1.29, 1.82) is 0 Å². The van der Waals surface area contributed by atoms with Gasteiger partial charge in [0.15, 0.2) is 0 Å². The molecule has 0 radical (unpaired) electrons. The van der Waals surface area contributed by atoms with E-state index in [9.17, 15) is 9.59 Å². The lowest BCUT2D eigenvalue weighted by Crippen LogP contribution is -2.40. The molecule has 0 aliphatic carbocycles. The van der Waals surface area contributed by atoms with Crippen molar-refractivity contribution in [3.05, 3.63) is 160 Å². The van der Waals surface area contributed by atoms with E-state index >= 15 is 0 Å². The average molecular weight is 885 g/mol. The number of hydrogen-bond acceptors (Lipinski definition) is 7. The van der Waals surface area contributed by atoms with Crippen LogP contribution in [-0.2, 0) is 30.2 Å². The van der Waals surface area contributed by atoms with Gasteiger partial charge in [-0.25, -0.2) is 14.3 Å². The monoisotopic (exact) mass is 884 g/mol. The Labute approximate surface area is 388 Å². The number of fused-ring (bicyclic) bond motifs is 8. The number of carbonyl (C=O) groups excluding carboxylic acids is 2. The first kappa shape index (κ1) is 45.9. The van der Waals surface area contributed by atoms with Gasteiger partial charge in [0.25, 0.3) is 0 Å². The van der Waals surface area contributed by atoms with Crippen molar-refractivity contribution in [3.63, 3.8) is 0 Å². The Morgan fingerprint density at radius 2 is 1.32 bits per heavy atom. The van der Waals surface area contributed by atoms with E-state index in [1.165, 1.54) is 36.8 Å². The molecule has 0 fully saturated rings. The predicted molar refractivity (Wildman–Crippen MR) is 266 cm³/mol. The van der Waals surface area contributed by atoms with Gasteiger partial charge in [-0.3, -0.25) is 9.78 Å². The molecule has 8 bridgehead atoms. The van der Waals surface area contributed by atoms with Gasteiger partial charge in [0.2, 0.25) is 0 Å². The maximum absolute atomic E-state index is 13.5. The normalized spacial score (nSPS) is 15.5. The van der Waals surface area contributed by atoms with Gasteiger partial charge in [-0.1, -0.05) is 68.4 Å². The molecule has 6 aromatic rings. The number of para-hydroxylation sites is 3. The first-order valence-corrected chi connectivity index (χ1v) is 23.2. The molecule has 0 amide bonds. The third-order valence-corrected chi connectivity index (χ3v) is 14.0. The number of aromatic nitrogens is 4. The summed E-state index contributed by atoms with van der Waals surface area (Å²) in [6, 6.07) is 38.6. The van der Waals surface area contributed by atoms with Crippen molar-refractivity contribution in [1.82, 2.24) is 24.4 Å². The van der Waals surface area contributed by atoms with Crippen molar-refractivity contribution in [2.75, 3.05) is 27.4 Å². The van der Waals surface area contributed by atoms with E-state index in [1.54, 1.807) is 0 Å². The molecule has 8 rings (SSSR count). The highest BCUT2D eigenvalue weighted by molar-refractivity contribution is 6.25. The van der Waals surface area contributed by atoms with Crippen LogP contribution in [0.1, 0.15) is 115 Å². The Morgan fingerprint density at radius 3 is 1.89 bits per heavy atom. The summed E-state index contributed by atoms with van der Waals surface area (Å²) in [7, 11) is 2.81. The number of carbonyl (C=O) groups is 2. The van der Waals surface area contributed by atoms with Crippen LogP contribution >= 0.6 is 0 Å². The number of esters is 2. The highest BCUT2D eigenvalue weighted by Crippen LogP contribution is 2.45. The lowest BCUT2D eigenvalue weighted by molar-refractivity contribution is -0.140. The van der Waals surface area contributed by atoms with Crippen molar-refractivity contribution >= 4 is 62.2 Å². The van der Waals surface area contributed by atoms with Gasteiger partial charge >= 0.3 is 11.9 Å². The van der Waals surface area contributed by atoms with E-state index in [4.69, 9.17) is 24.2 Å². The number of benzene rings is 3. The molecular weight excluding hydrogens is 823 g/mol. The Kier molecular flexibility index (Phi) is 13.5. The highest BCUT2D eigenvalue weighted by atomic mass is 16.5. The highest BCUT2D eigenvalue weighted by Gasteiger charge is 2.37. The van der Waals surface area contributed by atoms with Gasteiger partial charge in [-0.05, 0) is 130 Å². The van der Waals surface area contributed by atoms with E-state index in [-0.39, 0.29) is 30.3 Å². The molecule has 3 aromatic carbocycles. The summed E-state index contributed by atoms with van der Waals surface area (Å²) in [6.45, 7) is 16.0. The number of aryl methyl sites for hydroxylation is 3. The summed E-state index contributed by atoms with van der Waals surface area (Å²) in [4.78, 5) is 44.1. The van der Waals surface area contributed by atoms with Crippen LogP contribution in [0.15, 0.2) is 109 Å². The van der Waals surface area contributed by atoms with Gasteiger partial charge in [0, 0.05) is 63.7 Å². The summed E-state index contributed by atoms with van der Waals surface area (Å²) < 4.78 is 17.9. The van der Waals surface area contributed by atoms with Gasteiger partial charge < -0.3 is 24.2 Å². The maximum atomic E-state index is 13.5. The standard InChI is InChI=1S/C56H61N5O5/c1-10-43-34(2)45-33-50-52(39(7)66-30-20-29-61(40-21-14-11-15-22-40,41-23-16-12-17-24-41)42-25-18-13-19-26-42)36(4)47(58-50)31-46-35(3)44(27-28-51(62)64-8)54(59-46)38(6)55-53(56(63)65-9)37(5)48(60-55)32-49(43)57-45/h11-19,21-26,31-33,35,39,44H,10,20,27-30H2,1-9H3,(H-,57,58,59,60,63)/p+1/t35-,39?,44-/m0/s1. The molecule has 10 heteroatoms. The number of H-pyrrole nitrogens is 2. The van der Waals surface area contributed by atoms with Crippen LogP contribution < -0.4 is 4.48 Å². The van der Waals surface area contributed by atoms with Gasteiger partial charge in [-0.2, -0.15) is 0 Å². The minimum absolute atomic E-state index is 0.0525. The molecular formula is C56H62N5O5+. The van der Waals surface area contributed by atoms with Crippen LogP contribution in [0, 0.1) is 20.8 Å². The van der Waals surface area contributed by atoms with Crippen LogP contribution in [0.5, 0.6) is 0 Å². The van der Waals surface area contributed by atoms with Crippen LogP contribution in [-0.4, -0.2) is 59.2 Å². The van der Waals surface area contributed by atoms with Crippen LogP contribution in [0.25, 0.3) is 33.2 Å². The molecule has 10 nitrogen and oxygen atoms in total. The van der Waals surface area contributed by atoms with E-state index in [2.05, 4.69) is 148 Å². The zero-order valence-electron chi connectivity index (χ0n) is 39.7. The summed E-state index contributed by atoms with van der Waals surface area (Å²) in [5.41, 5.74) is 16.7. The third kappa shape index (κ3) is 8.51. The fourth-order valence-corrected chi connectivity index (χ4v) is 10.3. The number of allylic oxidation sites excluding steroid dienone is 1. The Bertz CT molecular complexity index is 2860. The van der Waals surface area contributed by atoms with Crippen molar-refractivity contribution in [2.24, 2.45) is 0 Å². The Hall–Kier alpha value is -6.62. The lowest BCUT2D eigenvalue weighted by Gasteiger charge is -2.37. The second-order valence-electron chi connectivity index (χ2n) is 17.6. The first-order chi connectivity index (χ1) is 31.9. The second-order valence-corrected chi connectivity index (χ2v) is 17.6. The molecule has 340 valence electrons. The number of nitrogens with zero attached hydrogens (tertiary/aromatic N) is 3. The van der Waals surface area contributed by atoms with Crippen molar-refractivity contribution in [3.8, 4) is 0 Å². The molecule has 66 heavy (non-hydrogen) atoms. The van der Waals surface area contributed by atoms with E-state index in [1.807, 2.05) is 19.9 Å². The van der Waals surface area contributed by atoms with Crippen LogP contribution in [0.2, 0.25) is 0 Å². The fourth-order valence-electron chi connectivity index (χ4n) is 10.3. The van der Waals surface area contributed by atoms with Crippen LogP contribution in [0.4, 0.5) is 17.1 Å². The topological polar surface area (TPSA) is 119 Å².